The van der Waals surface area contributed by atoms with Gasteiger partial charge >= 0.3 is 11.7 Å². The maximum Gasteiger partial charge on any atom is 0.329 e. The molecule has 1 amide bonds. The molecule has 146 valence electrons. The number of hydrogen-bond acceptors (Lipinski definition) is 4. The highest BCUT2D eigenvalue weighted by Crippen LogP contribution is 2.18. The molecular formula is C20H21N3O4S. The number of aliphatic carboxylic acids is 1. The summed E-state index contributed by atoms with van der Waals surface area (Å²) in [6.07, 6.45) is 0.126. The summed E-state index contributed by atoms with van der Waals surface area (Å²) >= 11 is 1.53. The number of carbonyl (C=O) groups is 2. The molecule has 3 aromatic rings. The van der Waals surface area contributed by atoms with E-state index in [9.17, 15) is 14.4 Å². The number of anilines is 1. The Balaban J connectivity index is 1.66. The van der Waals surface area contributed by atoms with E-state index in [4.69, 9.17) is 5.11 Å². The summed E-state index contributed by atoms with van der Waals surface area (Å²) in [5.41, 5.74) is 2.90. The smallest absolute Gasteiger partial charge is 0.329 e. The third kappa shape index (κ3) is 4.64. The lowest BCUT2D eigenvalue weighted by Gasteiger charge is -2.08. The summed E-state index contributed by atoms with van der Waals surface area (Å²) in [6, 6.07) is 14.8. The number of nitrogens with one attached hydrogen (secondary N) is 1. The van der Waals surface area contributed by atoms with Crippen LogP contribution in [0.15, 0.2) is 53.3 Å². The summed E-state index contributed by atoms with van der Waals surface area (Å²) in [4.78, 5) is 35.5. The maximum absolute atomic E-state index is 12.5. The van der Waals surface area contributed by atoms with Gasteiger partial charge in [0.25, 0.3) is 0 Å². The first-order valence-corrected chi connectivity index (χ1v) is 9.94. The molecule has 28 heavy (non-hydrogen) atoms. The van der Waals surface area contributed by atoms with Crippen molar-refractivity contribution in [1.29, 1.82) is 0 Å². The fraction of sp³-hybridized carbons (Fsp3) is 0.250. The number of carboxylic acid groups (broad SMARTS) is 1. The Labute approximate surface area is 166 Å². The Bertz CT molecular complexity index is 1070. The van der Waals surface area contributed by atoms with Crippen LogP contribution in [0, 0.1) is 0 Å². The lowest BCUT2D eigenvalue weighted by molar-refractivity contribution is -0.136. The van der Waals surface area contributed by atoms with E-state index in [0.717, 1.165) is 11.1 Å². The molecule has 0 radical (unpaired) electrons. The van der Waals surface area contributed by atoms with E-state index in [-0.39, 0.29) is 24.6 Å². The van der Waals surface area contributed by atoms with E-state index in [0.29, 0.717) is 22.7 Å². The van der Waals surface area contributed by atoms with Gasteiger partial charge in [0.2, 0.25) is 5.91 Å². The first-order chi connectivity index (χ1) is 13.5. The number of nitrogens with zero attached hydrogens (tertiary/aromatic N) is 2. The van der Waals surface area contributed by atoms with E-state index in [1.54, 1.807) is 13.1 Å². The van der Waals surface area contributed by atoms with Crippen LogP contribution >= 0.6 is 11.8 Å². The van der Waals surface area contributed by atoms with E-state index in [1.165, 1.54) is 20.9 Å². The van der Waals surface area contributed by atoms with Crippen LogP contribution in [0.1, 0.15) is 12.0 Å². The van der Waals surface area contributed by atoms with Gasteiger partial charge in [0.15, 0.2) is 0 Å². The van der Waals surface area contributed by atoms with Gasteiger partial charge in [-0.15, -0.1) is 0 Å². The summed E-state index contributed by atoms with van der Waals surface area (Å²) in [6.45, 7) is -0.0717. The Kier molecular flexibility index (Phi) is 6.20. The van der Waals surface area contributed by atoms with Gasteiger partial charge in [0, 0.05) is 24.2 Å². The second kappa shape index (κ2) is 8.79. The molecule has 1 aromatic heterocycles. The van der Waals surface area contributed by atoms with Gasteiger partial charge in [-0.25, -0.2) is 4.79 Å². The van der Waals surface area contributed by atoms with Crippen LogP contribution in [0.3, 0.4) is 0 Å². The van der Waals surface area contributed by atoms with E-state index < -0.39 is 5.97 Å². The van der Waals surface area contributed by atoms with Crippen LogP contribution in [0.4, 0.5) is 5.69 Å². The number of aryl methyl sites for hydroxylation is 1. The van der Waals surface area contributed by atoms with Crippen molar-refractivity contribution in [2.45, 2.75) is 18.7 Å². The Morgan fingerprint density at radius 3 is 2.61 bits per heavy atom. The molecule has 8 heteroatoms. The van der Waals surface area contributed by atoms with Gasteiger partial charge in [0.1, 0.15) is 6.54 Å². The molecule has 0 aliphatic carbocycles. The first kappa shape index (κ1) is 19.8. The van der Waals surface area contributed by atoms with Gasteiger partial charge in [-0.05, 0) is 29.8 Å². The molecule has 0 bridgehead atoms. The molecule has 0 saturated carbocycles. The number of amides is 1. The number of carbonyl (C=O) groups excluding carboxylic acids is 1. The summed E-state index contributed by atoms with van der Waals surface area (Å²) in [5.74, 6) is 0.113. The first-order valence-electron chi connectivity index (χ1n) is 8.78. The standard InChI is InChI=1S/C20H21N3O4S/c1-22-16-7-2-3-8-17(16)23(20(22)27)12-18(24)21-15-6-4-5-14(11-15)13-28-10-9-19(25)26/h2-8,11H,9-10,12-13H2,1H3,(H,21,24)(H,25,26). The van der Waals surface area contributed by atoms with Gasteiger partial charge in [0.05, 0.1) is 17.5 Å². The second-order valence-electron chi connectivity index (χ2n) is 6.36. The predicted octanol–water partition coefficient (Wildman–Crippen LogP) is 2.69. The summed E-state index contributed by atoms with van der Waals surface area (Å²) in [5, 5.41) is 11.5. The number of benzene rings is 2. The Morgan fingerprint density at radius 1 is 1.11 bits per heavy atom. The number of aromatic nitrogens is 2. The minimum Gasteiger partial charge on any atom is -0.481 e. The van der Waals surface area contributed by atoms with E-state index >= 15 is 0 Å². The van der Waals surface area contributed by atoms with Gasteiger partial charge in [-0.1, -0.05) is 24.3 Å². The molecule has 0 unspecified atom stereocenters. The van der Waals surface area contributed by atoms with Crippen molar-refractivity contribution in [2.24, 2.45) is 7.05 Å². The number of carboxylic acids is 1. The third-order valence-electron chi connectivity index (χ3n) is 4.29. The fourth-order valence-electron chi connectivity index (χ4n) is 2.95. The van der Waals surface area contributed by atoms with Crippen molar-refractivity contribution >= 4 is 40.4 Å². The average Bonchev–Trinajstić information content (AvgIpc) is 2.91. The minimum absolute atomic E-state index is 0.0717. The van der Waals surface area contributed by atoms with Crippen molar-refractivity contribution in [3.8, 4) is 0 Å². The Morgan fingerprint density at radius 2 is 1.86 bits per heavy atom. The molecule has 2 N–H and O–H groups in total. The van der Waals surface area contributed by atoms with Crippen LogP contribution in [0.25, 0.3) is 11.0 Å². The number of imidazole rings is 1. The molecule has 3 rings (SSSR count). The number of rotatable bonds is 8. The summed E-state index contributed by atoms with van der Waals surface area (Å²) in [7, 11) is 1.69. The highest BCUT2D eigenvalue weighted by Gasteiger charge is 2.13. The number of hydrogen-bond donors (Lipinski definition) is 2. The zero-order chi connectivity index (χ0) is 20.1. The van der Waals surface area contributed by atoms with Crippen LogP contribution in [-0.2, 0) is 28.9 Å². The number of thioether (sulfide) groups is 1. The number of para-hydroxylation sites is 2. The zero-order valence-electron chi connectivity index (χ0n) is 15.4. The van der Waals surface area contributed by atoms with Gasteiger partial charge in [-0.3, -0.25) is 18.7 Å². The fourth-order valence-corrected chi connectivity index (χ4v) is 3.83. The second-order valence-corrected chi connectivity index (χ2v) is 7.47. The van der Waals surface area contributed by atoms with Crippen LogP contribution in [0.5, 0.6) is 0 Å². The van der Waals surface area contributed by atoms with Gasteiger partial charge < -0.3 is 10.4 Å². The topological polar surface area (TPSA) is 93.3 Å². The van der Waals surface area contributed by atoms with Crippen LogP contribution in [0.2, 0.25) is 0 Å². The molecule has 0 aliphatic rings. The van der Waals surface area contributed by atoms with Crippen LogP contribution in [-0.4, -0.2) is 31.9 Å². The van der Waals surface area contributed by atoms with E-state index in [2.05, 4.69) is 5.32 Å². The molecule has 0 aliphatic heterocycles. The quantitative estimate of drug-likeness (QED) is 0.568. The lowest BCUT2D eigenvalue weighted by Crippen LogP contribution is -2.28. The van der Waals surface area contributed by atoms with Gasteiger partial charge in [-0.2, -0.15) is 11.8 Å². The molecule has 2 aromatic carbocycles. The highest BCUT2D eigenvalue weighted by molar-refractivity contribution is 7.98. The lowest BCUT2D eigenvalue weighted by atomic mass is 10.2. The summed E-state index contributed by atoms with van der Waals surface area (Å²) < 4.78 is 2.98. The molecule has 7 nitrogen and oxygen atoms in total. The third-order valence-corrected chi connectivity index (χ3v) is 5.32. The normalized spacial score (nSPS) is 10.9. The van der Waals surface area contributed by atoms with Crippen molar-refractivity contribution < 1.29 is 14.7 Å². The number of fused-ring (bicyclic) bond motifs is 1. The SMILES string of the molecule is Cn1c(=O)n(CC(=O)Nc2cccc(CSCCC(=O)O)c2)c2ccccc21. The molecule has 0 saturated heterocycles. The monoisotopic (exact) mass is 399 g/mol. The zero-order valence-corrected chi connectivity index (χ0v) is 16.2. The van der Waals surface area contributed by atoms with Crippen molar-refractivity contribution in [2.75, 3.05) is 11.1 Å². The molecule has 0 atom stereocenters. The van der Waals surface area contributed by atoms with Crippen molar-refractivity contribution in [1.82, 2.24) is 9.13 Å². The molecule has 0 fully saturated rings. The van der Waals surface area contributed by atoms with Crippen molar-refractivity contribution in [3.05, 3.63) is 64.6 Å². The van der Waals surface area contributed by atoms with Crippen molar-refractivity contribution in [3.63, 3.8) is 0 Å². The van der Waals surface area contributed by atoms with Crippen LogP contribution < -0.4 is 11.0 Å². The minimum atomic E-state index is -0.808. The predicted molar refractivity (Wildman–Crippen MR) is 111 cm³/mol. The largest absolute Gasteiger partial charge is 0.481 e. The average molecular weight is 399 g/mol. The Hall–Kier alpha value is -3.00. The highest BCUT2D eigenvalue weighted by atomic mass is 32.2. The maximum atomic E-state index is 12.5. The van der Waals surface area contributed by atoms with E-state index in [1.807, 2.05) is 42.5 Å². The molecular weight excluding hydrogens is 378 g/mol. The molecule has 0 spiro atoms. The molecule has 1 heterocycles.